The quantitative estimate of drug-likeness (QED) is 0.247. The van der Waals surface area contributed by atoms with Gasteiger partial charge in [0, 0.05) is 38.1 Å². The van der Waals surface area contributed by atoms with Crippen molar-refractivity contribution in [3.63, 3.8) is 0 Å². The van der Waals surface area contributed by atoms with Crippen LogP contribution >= 0.6 is 35.4 Å². The number of aromatic nitrogens is 2. The van der Waals surface area contributed by atoms with Crippen molar-refractivity contribution in [1.82, 2.24) is 25.1 Å². The fraction of sp³-hybridized carbons (Fsp3) is 0.286. The van der Waals surface area contributed by atoms with Gasteiger partial charge in [0.2, 0.25) is 5.91 Å². The molecule has 0 saturated heterocycles. The largest absolute Gasteiger partial charge is 0.359 e. The molecule has 1 heterocycles. The molecular formula is C28H30Cl2N6OS. The molecule has 7 nitrogen and oxygen atoms in total. The number of thiocarbonyl (C=S) groups is 1. The van der Waals surface area contributed by atoms with E-state index in [1.165, 1.54) is 0 Å². The highest BCUT2D eigenvalue weighted by Crippen LogP contribution is 2.27. The summed E-state index contributed by atoms with van der Waals surface area (Å²) in [6.45, 7) is 9.53. The normalized spacial score (nSPS) is 10.9. The Balaban J connectivity index is 1.68. The van der Waals surface area contributed by atoms with Gasteiger partial charge in [-0.1, -0.05) is 53.5 Å². The van der Waals surface area contributed by atoms with E-state index in [4.69, 9.17) is 40.7 Å². The first-order valence-corrected chi connectivity index (χ1v) is 13.1. The molecule has 2 N–H and O–H groups in total. The Kier molecular flexibility index (Phi) is 10.3. The van der Waals surface area contributed by atoms with Crippen LogP contribution in [-0.2, 0) is 24.3 Å². The maximum Gasteiger partial charge on any atom is 0.226 e. The van der Waals surface area contributed by atoms with Gasteiger partial charge in [-0.15, -0.1) is 6.58 Å². The first-order valence-electron chi connectivity index (χ1n) is 12.0. The van der Waals surface area contributed by atoms with Crippen LogP contribution in [-0.4, -0.2) is 44.1 Å². The summed E-state index contributed by atoms with van der Waals surface area (Å²) in [5, 5.41) is 16.8. The van der Waals surface area contributed by atoms with E-state index >= 15 is 0 Å². The molecule has 0 spiro atoms. The lowest BCUT2D eigenvalue weighted by Crippen LogP contribution is -2.54. The van der Waals surface area contributed by atoms with E-state index < -0.39 is 5.54 Å². The van der Waals surface area contributed by atoms with Gasteiger partial charge in [0.15, 0.2) is 5.11 Å². The Bertz CT molecular complexity index is 1330. The zero-order valence-corrected chi connectivity index (χ0v) is 23.7. The second-order valence-corrected chi connectivity index (χ2v) is 10.6. The number of rotatable bonds is 11. The van der Waals surface area contributed by atoms with Crippen LogP contribution in [0.2, 0.25) is 10.0 Å². The summed E-state index contributed by atoms with van der Waals surface area (Å²) in [6.07, 6.45) is 5.29. The Morgan fingerprint density at radius 2 is 2.00 bits per heavy atom. The first-order chi connectivity index (χ1) is 18.1. The summed E-state index contributed by atoms with van der Waals surface area (Å²) in [7, 11) is 0. The zero-order chi connectivity index (χ0) is 27.7. The number of halogens is 2. The monoisotopic (exact) mass is 568 g/mol. The van der Waals surface area contributed by atoms with Crippen LogP contribution in [0.1, 0.15) is 36.2 Å². The van der Waals surface area contributed by atoms with Crippen LogP contribution in [0, 0.1) is 11.3 Å². The molecule has 0 fully saturated rings. The van der Waals surface area contributed by atoms with Gasteiger partial charge in [0.05, 0.1) is 40.0 Å². The fourth-order valence-electron chi connectivity index (χ4n) is 3.97. The molecule has 10 heteroatoms. The van der Waals surface area contributed by atoms with Crippen molar-refractivity contribution in [2.45, 2.75) is 38.9 Å². The molecule has 2 aromatic carbocycles. The molecular weight excluding hydrogens is 539 g/mol. The van der Waals surface area contributed by atoms with Crippen molar-refractivity contribution in [3.8, 4) is 6.07 Å². The molecule has 0 aliphatic carbocycles. The van der Waals surface area contributed by atoms with E-state index in [2.05, 4.69) is 28.3 Å². The van der Waals surface area contributed by atoms with Crippen molar-refractivity contribution in [2.24, 2.45) is 0 Å². The van der Waals surface area contributed by atoms with E-state index in [1.54, 1.807) is 36.8 Å². The van der Waals surface area contributed by atoms with Crippen LogP contribution < -0.4 is 10.6 Å². The lowest BCUT2D eigenvalue weighted by atomic mass is 10.0. The van der Waals surface area contributed by atoms with Crippen LogP contribution in [0.25, 0.3) is 0 Å². The molecule has 0 atom stereocenters. The number of amides is 1. The van der Waals surface area contributed by atoms with Crippen LogP contribution in [0.4, 0.5) is 0 Å². The molecule has 38 heavy (non-hydrogen) atoms. The summed E-state index contributed by atoms with van der Waals surface area (Å²) in [5.74, 6) is -0.137. The minimum atomic E-state index is -0.625. The van der Waals surface area contributed by atoms with Crippen molar-refractivity contribution in [2.75, 3.05) is 13.1 Å². The smallest absolute Gasteiger partial charge is 0.226 e. The van der Waals surface area contributed by atoms with Crippen LogP contribution in [0.5, 0.6) is 0 Å². The lowest BCUT2D eigenvalue weighted by Gasteiger charge is -2.35. The number of carbonyl (C=O) groups excluding carboxylic acids is 1. The predicted octanol–water partition coefficient (Wildman–Crippen LogP) is 5.11. The number of carbonyl (C=O) groups is 1. The highest BCUT2D eigenvalue weighted by molar-refractivity contribution is 7.80. The third-order valence-electron chi connectivity index (χ3n) is 5.72. The molecule has 0 bridgehead atoms. The van der Waals surface area contributed by atoms with Gasteiger partial charge < -0.3 is 20.1 Å². The minimum Gasteiger partial charge on any atom is -0.359 e. The molecule has 3 aromatic rings. The molecule has 3 rings (SSSR count). The van der Waals surface area contributed by atoms with Gasteiger partial charge in [-0.25, -0.2) is 4.98 Å². The summed E-state index contributed by atoms with van der Waals surface area (Å²) in [6, 6.07) is 14.9. The molecule has 0 radical (unpaired) electrons. The average Bonchev–Trinajstić information content (AvgIpc) is 3.30. The maximum atomic E-state index is 13.1. The Hall–Kier alpha value is -3.38. The average molecular weight is 570 g/mol. The van der Waals surface area contributed by atoms with Gasteiger partial charge in [-0.3, -0.25) is 4.79 Å². The minimum absolute atomic E-state index is 0.137. The second-order valence-electron chi connectivity index (χ2n) is 9.47. The highest BCUT2D eigenvalue weighted by Gasteiger charge is 2.26. The molecule has 1 aromatic heterocycles. The van der Waals surface area contributed by atoms with Crippen LogP contribution in [0.15, 0.2) is 67.6 Å². The fourth-order valence-corrected chi connectivity index (χ4v) is 4.56. The number of nitrogens with zero attached hydrogens (tertiary/aromatic N) is 4. The summed E-state index contributed by atoms with van der Waals surface area (Å²) in [5.41, 5.74) is 2.61. The zero-order valence-electron chi connectivity index (χ0n) is 21.4. The maximum absolute atomic E-state index is 13.1. The topological polar surface area (TPSA) is 86.0 Å². The standard InChI is InChI=1S/C28H30Cl2N6OS/c1-4-12-33-27(38)35(17-22-6-5-7-24(29)26(22)30)18-28(2,3)34-25(37)13-23-15-32-19-36(23)16-21-10-8-20(14-31)9-11-21/h4-11,15,19H,1,12-13,16-18H2,2-3H3,(H,33,38)(H,34,37). The molecule has 0 aliphatic rings. The third kappa shape index (κ3) is 8.32. The van der Waals surface area contributed by atoms with Gasteiger partial charge in [-0.05, 0) is 55.4 Å². The van der Waals surface area contributed by atoms with Crippen molar-refractivity contribution in [1.29, 1.82) is 5.26 Å². The van der Waals surface area contributed by atoms with Crippen molar-refractivity contribution >= 4 is 46.4 Å². The first kappa shape index (κ1) is 29.2. The van der Waals surface area contributed by atoms with Crippen molar-refractivity contribution < 1.29 is 4.79 Å². The summed E-state index contributed by atoms with van der Waals surface area (Å²) < 4.78 is 1.93. The number of hydrogen-bond acceptors (Lipinski definition) is 4. The van der Waals surface area contributed by atoms with Crippen molar-refractivity contribution in [3.05, 3.63) is 100 Å². The number of nitrogens with one attached hydrogen (secondary N) is 2. The molecule has 0 saturated carbocycles. The predicted molar refractivity (Wildman–Crippen MR) is 156 cm³/mol. The van der Waals surface area contributed by atoms with Gasteiger partial charge in [0.25, 0.3) is 0 Å². The van der Waals surface area contributed by atoms with E-state index in [0.29, 0.717) is 46.9 Å². The van der Waals surface area contributed by atoms with E-state index in [1.807, 2.05) is 47.6 Å². The number of hydrogen-bond donors (Lipinski definition) is 2. The Morgan fingerprint density at radius 1 is 1.26 bits per heavy atom. The van der Waals surface area contributed by atoms with Gasteiger partial charge >= 0.3 is 0 Å². The molecule has 0 unspecified atom stereocenters. The highest BCUT2D eigenvalue weighted by atomic mass is 35.5. The third-order valence-corrected chi connectivity index (χ3v) is 6.98. The number of imidazole rings is 1. The number of nitriles is 1. The Morgan fingerprint density at radius 3 is 2.68 bits per heavy atom. The van der Waals surface area contributed by atoms with Gasteiger partial charge in [0.1, 0.15) is 0 Å². The molecule has 198 valence electrons. The van der Waals surface area contributed by atoms with E-state index in [-0.39, 0.29) is 12.3 Å². The van der Waals surface area contributed by atoms with Crippen LogP contribution in [0.3, 0.4) is 0 Å². The number of benzene rings is 2. The summed E-state index contributed by atoms with van der Waals surface area (Å²) >= 11 is 18.3. The summed E-state index contributed by atoms with van der Waals surface area (Å²) in [4.78, 5) is 19.3. The molecule has 0 aliphatic heterocycles. The van der Waals surface area contributed by atoms with E-state index in [9.17, 15) is 4.79 Å². The van der Waals surface area contributed by atoms with Gasteiger partial charge in [-0.2, -0.15) is 5.26 Å². The Labute approximate surface area is 239 Å². The lowest BCUT2D eigenvalue weighted by molar-refractivity contribution is -0.122. The SMILES string of the molecule is C=CCNC(=S)N(Cc1cccc(Cl)c1Cl)CC(C)(C)NC(=O)Cc1cncn1Cc1ccc(C#N)cc1. The van der Waals surface area contributed by atoms with E-state index in [0.717, 1.165) is 16.8 Å². The molecule has 1 amide bonds. The second kappa shape index (κ2) is 13.4.